The monoisotopic (exact) mass is 240 g/mol. The van der Waals surface area contributed by atoms with E-state index in [4.69, 9.17) is 0 Å². The average Bonchev–Trinajstić information content (AvgIpc) is 2.61. The molecule has 1 N–H and O–H groups in total. The third-order valence-electron chi connectivity index (χ3n) is 3.13. The van der Waals surface area contributed by atoms with Crippen LogP contribution in [0.1, 0.15) is 11.3 Å². The first-order valence-electron chi connectivity index (χ1n) is 6.20. The summed E-state index contributed by atoms with van der Waals surface area (Å²) in [5.74, 6) is 0.783. The zero-order valence-corrected chi connectivity index (χ0v) is 10.4. The normalized spacial score (nSPS) is 15.1. The zero-order chi connectivity index (χ0) is 12.4. The van der Waals surface area contributed by atoms with E-state index >= 15 is 0 Å². The number of rotatable bonds is 1. The van der Waals surface area contributed by atoms with Crippen molar-refractivity contribution in [3.63, 3.8) is 0 Å². The van der Waals surface area contributed by atoms with Crippen LogP contribution in [0.2, 0.25) is 0 Å². The first-order chi connectivity index (χ1) is 8.84. The Kier molecular flexibility index (Phi) is 2.94. The van der Waals surface area contributed by atoms with Gasteiger partial charge in [-0.05, 0) is 24.6 Å². The van der Waals surface area contributed by atoms with E-state index in [2.05, 4.69) is 44.5 Å². The van der Waals surface area contributed by atoms with Crippen molar-refractivity contribution in [2.24, 2.45) is 0 Å². The molecule has 0 amide bonds. The van der Waals surface area contributed by atoms with Gasteiger partial charge in [0.2, 0.25) is 5.95 Å². The number of hydrogen-bond acceptors (Lipinski definition) is 4. The van der Waals surface area contributed by atoms with Crippen LogP contribution in [-0.4, -0.2) is 23.1 Å². The molecule has 0 fully saturated rings. The number of nitrogens with one attached hydrogen (secondary N) is 1. The Morgan fingerprint density at radius 2 is 2.11 bits per heavy atom. The number of benzene rings is 1. The molecule has 0 bridgehead atoms. The van der Waals surface area contributed by atoms with E-state index < -0.39 is 0 Å². The molecule has 0 saturated heterocycles. The number of aromatic nitrogens is 2. The molecule has 0 spiro atoms. The molecule has 92 valence electrons. The molecular weight excluding hydrogens is 224 g/mol. The number of nitrogens with zero attached hydrogens (tertiary/aromatic N) is 3. The van der Waals surface area contributed by atoms with Crippen LogP contribution < -0.4 is 10.2 Å². The molecular formula is C14H16N4. The van der Waals surface area contributed by atoms with Crippen LogP contribution in [0.25, 0.3) is 0 Å². The fraction of sp³-hybridized carbons (Fsp3) is 0.286. The third kappa shape index (κ3) is 2.07. The third-order valence-corrected chi connectivity index (χ3v) is 3.13. The van der Waals surface area contributed by atoms with Crippen molar-refractivity contribution in [2.75, 3.05) is 18.0 Å². The molecule has 4 nitrogen and oxygen atoms in total. The Labute approximate surface area is 107 Å². The first kappa shape index (κ1) is 11.2. The zero-order valence-electron chi connectivity index (χ0n) is 10.4. The quantitative estimate of drug-likeness (QED) is 0.828. The van der Waals surface area contributed by atoms with Crippen LogP contribution in [0.5, 0.6) is 0 Å². The van der Waals surface area contributed by atoms with E-state index in [1.807, 2.05) is 19.2 Å². The van der Waals surface area contributed by atoms with E-state index in [0.29, 0.717) is 0 Å². The lowest BCUT2D eigenvalue weighted by Crippen LogP contribution is -2.26. The van der Waals surface area contributed by atoms with Gasteiger partial charge in [0.15, 0.2) is 0 Å². The summed E-state index contributed by atoms with van der Waals surface area (Å²) in [6.07, 6.45) is 1.82. The van der Waals surface area contributed by atoms with Crippen molar-refractivity contribution in [2.45, 2.75) is 13.5 Å². The number of hydrogen-bond donors (Lipinski definition) is 1. The minimum absolute atomic E-state index is 0.783. The Balaban J connectivity index is 2.06. The largest absolute Gasteiger partial charge is 0.311 e. The van der Waals surface area contributed by atoms with Gasteiger partial charge in [0.05, 0.1) is 0 Å². The van der Waals surface area contributed by atoms with E-state index in [9.17, 15) is 0 Å². The predicted molar refractivity (Wildman–Crippen MR) is 71.9 cm³/mol. The summed E-state index contributed by atoms with van der Waals surface area (Å²) in [5.41, 5.74) is 3.49. The standard InChI is InChI=1S/C14H16N4/c1-11-6-7-16-14(17-11)18-9-8-15-10-12-4-2-3-5-13(12)18/h2-7,15H,8-10H2,1H3. The lowest BCUT2D eigenvalue weighted by atomic mass is 10.1. The Morgan fingerprint density at radius 1 is 1.22 bits per heavy atom. The van der Waals surface area contributed by atoms with Gasteiger partial charge in [0.25, 0.3) is 0 Å². The highest BCUT2D eigenvalue weighted by atomic mass is 15.3. The van der Waals surface area contributed by atoms with Gasteiger partial charge >= 0.3 is 0 Å². The molecule has 2 aromatic rings. The van der Waals surface area contributed by atoms with Gasteiger partial charge in [0, 0.05) is 37.2 Å². The van der Waals surface area contributed by atoms with E-state index in [0.717, 1.165) is 31.3 Å². The van der Waals surface area contributed by atoms with Crippen molar-refractivity contribution < 1.29 is 0 Å². The maximum absolute atomic E-state index is 4.52. The minimum atomic E-state index is 0.783. The molecule has 0 saturated carbocycles. The molecule has 18 heavy (non-hydrogen) atoms. The van der Waals surface area contributed by atoms with Gasteiger partial charge in [-0.15, -0.1) is 0 Å². The number of para-hydroxylation sites is 1. The molecule has 4 heteroatoms. The van der Waals surface area contributed by atoms with E-state index in [1.54, 1.807) is 0 Å². The summed E-state index contributed by atoms with van der Waals surface area (Å²) in [6, 6.07) is 10.3. The second-order valence-corrected chi connectivity index (χ2v) is 4.46. The van der Waals surface area contributed by atoms with Crippen LogP contribution in [0, 0.1) is 6.92 Å². The van der Waals surface area contributed by atoms with E-state index in [-0.39, 0.29) is 0 Å². The summed E-state index contributed by atoms with van der Waals surface area (Å²) in [4.78, 5) is 11.1. The average molecular weight is 240 g/mol. The van der Waals surface area contributed by atoms with Crippen molar-refractivity contribution in [1.29, 1.82) is 0 Å². The molecule has 0 unspecified atom stereocenters. The number of aryl methyl sites for hydroxylation is 1. The molecule has 0 atom stereocenters. The molecule has 1 aliphatic rings. The van der Waals surface area contributed by atoms with Crippen LogP contribution in [-0.2, 0) is 6.54 Å². The summed E-state index contributed by atoms with van der Waals surface area (Å²) in [6.45, 7) is 4.72. The minimum Gasteiger partial charge on any atom is -0.311 e. The fourth-order valence-corrected chi connectivity index (χ4v) is 2.23. The Bertz CT molecular complexity index is 553. The SMILES string of the molecule is Cc1ccnc(N2CCNCc3ccccc32)n1. The van der Waals surface area contributed by atoms with Crippen molar-refractivity contribution in [3.05, 3.63) is 47.8 Å². The molecule has 2 heterocycles. The summed E-state index contributed by atoms with van der Waals surface area (Å²) < 4.78 is 0. The fourth-order valence-electron chi connectivity index (χ4n) is 2.23. The highest BCUT2D eigenvalue weighted by molar-refractivity contribution is 5.62. The number of fused-ring (bicyclic) bond motifs is 1. The maximum Gasteiger partial charge on any atom is 0.230 e. The van der Waals surface area contributed by atoms with Crippen LogP contribution >= 0.6 is 0 Å². The van der Waals surface area contributed by atoms with Gasteiger partial charge < -0.3 is 10.2 Å². The van der Waals surface area contributed by atoms with Gasteiger partial charge in [-0.2, -0.15) is 0 Å². The maximum atomic E-state index is 4.52. The van der Waals surface area contributed by atoms with Crippen molar-refractivity contribution in [1.82, 2.24) is 15.3 Å². The summed E-state index contributed by atoms with van der Waals surface area (Å²) in [7, 11) is 0. The van der Waals surface area contributed by atoms with Crippen molar-refractivity contribution >= 4 is 11.6 Å². The molecule has 1 aromatic heterocycles. The summed E-state index contributed by atoms with van der Waals surface area (Å²) in [5, 5.41) is 3.42. The van der Waals surface area contributed by atoms with Gasteiger partial charge in [-0.3, -0.25) is 0 Å². The van der Waals surface area contributed by atoms with Crippen LogP contribution in [0.3, 0.4) is 0 Å². The highest BCUT2D eigenvalue weighted by Crippen LogP contribution is 2.27. The topological polar surface area (TPSA) is 41.1 Å². The van der Waals surface area contributed by atoms with Crippen LogP contribution in [0.15, 0.2) is 36.5 Å². The van der Waals surface area contributed by atoms with Gasteiger partial charge in [-0.1, -0.05) is 18.2 Å². The molecule has 0 radical (unpaired) electrons. The molecule has 3 rings (SSSR count). The van der Waals surface area contributed by atoms with Crippen LogP contribution in [0.4, 0.5) is 11.6 Å². The molecule has 0 aliphatic carbocycles. The highest BCUT2D eigenvalue weighted by Gasteiger charge is 2.17. The Hall–Kier alpha value is -1.94. The van der Waals surface area contributed by atoms with Gasteiger partial charge in [-0.25, -0.2) is 9.97 Å². The van der Waals surface area contributed by atoms with Gasteiger partial charge in [0.1, 0.15) is 0 Å². The number of anilines is 2. The lowest BCUT2D eigenvalue weighted by Gasteiger charge is -2.22. The first-order valence-corrected chi connectivity index (χ1v) is 6.20. The molecule has 1 aliphatic heterocycles. The molecule has 1 aromatic carbocycles. The lowest BCUT2D eigenvalue weighted by molar-refractivity contribution is 0.708. The smallest absolute Gasteiger partial charge is 0.230 e. The van der Waals surface area contributed by atoms with Crippen molar-refractivity contribution in [3.8, 4) is 0 Å². The Morgan fingerprint density at radius 3 is 3.00 bits per heavy atom. The predicted octanol–water partition coefficient (Wildman–Crippen LogP) is 2.03. The second kappa shape index (κ2) is 4.74. The van der Waals surface area contributed by atoms with E-state index in [1.165, 1.54) is 11.3 Å². The second-order valence-electron chi connectivity index (χ2n) is 4.46. The summed E-state index contributed by atoms with van der Waals surface area (Å²) >= 11 is 0.